The number of nitrogens with zero attached hydrogens (tertiary/aromatic N) is 3. The zero-order chi connectivity index (χ0) is 27.5. The molecule has 0 saturated carbocycles. The second kappa shape index (κ2) is 9.58. The summed E-state index contributed by atoms with van der Waals surface area (Å²) in [7, 11) is 1.80. The Morgan fingerprint density at radius 1 is 0.780 bits per heavy atom. The van der Waals surface area contributed by atoms with Crippen LogP contribution < -0.4 is 0 Å². The molecule has 0 aliphatic rings. The van der Waals surface area contributed by atoms with Crippen LogP contribution in [0.5, 0.6) is 0 Å². The van der Waals surface area contributed by atoms with Gasteiger partial charge in [0.2, 0.25) is 0 Å². The van der Waals surface area contributed by atoms with Gasteiger partial charge in [-0.05, 0) is 60.4 Å². The van der Waals surface area contributed by atoms with Crippen LogP contribution in [0, 0.1) is 0 Å². The van der Waals surface area contributed by atoms with Gasteiger partial charge in [0.25, 0.3) is 0 Å². The van der Waals surface area contributed by atoms with E-state index < -0.39 is 0 Å². The first-order valence-electron chi connectivity index (χ1n) is 14.2. The predicted octanol–water partition coefficient (Wildman–Crippen LogP) is 9.43. The van der Waals surface area contributed by atoms with E-state index in [4.69, 9.17) is 4.74 Å². The van der Waals surface area contributed by atoms with Crippen LogP contribution in [0.15, 0.2) is 109 Å². The summed E-state index contributed by atoms with van der Waals surface area (Å²) >= 11 is 1.86. The number of hydrogen-bond acceptors (Lipinski definition) is 3. The maximum Gasteiger partial charge on any atom is 0.145 e. The van der Waals surface area contributed by atoms with Gasteiger partial charge in [0, 0.05) is 51.6 Å². The fourth-order valence-corrected chi connectivity index (χ4v) is 7.50. The van der Waals surface area contributed by atoms with Gasteiger partial charge in [-0.2, -0.15) is 0 Å². The molecule has 4 aromatic carbocycles. The van der Waals surface area contributed by atoms with Crippen molar-refractivity contribution >= 4 is 59.8 Å². The quantitative estimate of drug-likeness (QED) is 0.206. The number of para-hydroxylation sites is 1. The van der Waals surface area contributed by atoms with Gasteiger partial charge in [-0.15, -0.1) is 11.3 Å². The van der Waals surface area contributed by atoms with E-state index in [0.717, 1.165) is 18.5 Å². The van der Waals surface area contributed by atoms with Gasteiger partial charge in [-0.1, -0.05) is 67.6 Å². The molecule has 8 rings (SSSR count). The molecule has 0 amide bonds. The van der Waals surface area contributed by atoms with E-state index in [1.165, 1.54) is 64.5 Å². The van der Waals surface area contributed by atoms with Gasteiger partial charge in [0.15, 0.2) is 0 Å². The Hall–Kier alpha value is -4.45. The van der Waals surface area contributed by atoms with Crippen molar-refractivity contribution in [2.75, 3.05) is 7.11 Å². The molecule has 4 aromatic heterocycles. The minimum atomic E-state index is 0.254. The third-order valence-electron chi connectivity index (χ3n) is 8.43. The summed E-state index contributed by atoms with van der Waals surface area (Å²) in [6, 6.07) is 35.5. The molecule has 0 N–H and O–H groups in total. The first kappa shape index (κ1) is 24.4. The predicted molar refractivity (Wildman–Crippen MR) is 173 cm³/mol. The molecule has 200 valence electrons. The summed E-state index contributed by atoms with van der Waals surface area (Å²) in [4.78, 5) is 5.93. The largest absolute Gasteiger partial charge is 0.381 e. The zero-order valence-corrected chi connectivity index (χ0v) is 23.9. The van der Waals surface area contributed by atoms with Crippen LogP contribution in [-0.4, -0.2) is 27.2 Å². The van der Waals surface area contributed by atoms with Crippen molar-refractivity contribution in [3.05, 3.63) is 115 Å². The topological polar surface area (TPSA) is 31.5 Å². The van der Waals surface area contributed by atoms with Crippen molar-refractivity contribution < 1.29 is 4.74 Å². The summed E-state index contributed by atoms with van der Waals surface area (Å²) < 4.78 is 11.5. The van der Waals surface area contributed by atoms with Crippen LogP contribution in [-0.2, 0) is 11.2 Å². The lowest BCUT2D eigenvalue weighted by Crippen LogP contribution is -2.12. The number of methoxy groups -OCH3 is 1. The van der Waals surface area contributed by atoms with Crippen molar-refractivity contribution in [2.45, 2.75) is 25.9 Å². The van der Waals surface area contributed by atoms with E-state index in [1.54, 1.807) is 7.11 Å². The Morgan fingerprint density at radius 2 is 1.54 bits per heavy atom. The van der Waals surface area contributed by atoms with E-state index in [9.17, 15) is 0 Å². The standard InChI is InChI=1S/C36H29N3OS/c1-3-26(40-2)20-23-12-15-25(16-13-23)39-31-11-7-6-8-27(31)30-21-24(14-17-32(30)39)34-22-33-35(41-34)28-9-4-5-10-29(28)36-37-18-19-38(33)36/h4-19,21-22,26H,3,20H2,1-2H3. The van der Waals surface area contributed by atoms with Gasteiger partial charge < -0.3 is 9.30 Å². The van der Waals surface area contributed by atoms with Crippen LogP contribution in [0.2, 0.25) is 0 Å². The fourth-order valence-electron chi connectivity index (χ4n) is 6.31. The Bertz CT molecular complexity index is 2210. The second-order valence-corrected chi connectivity index (χ2v) is 11.8. The molecule has 1 unspecified atom stereocenters. The molecule has 0 bridgehead atoms. The molecule has 0 radical (unpaired) electrons. The zero-order valence-electron chi connectivity index (χ0n) is 23.0. The third-order valence-corrected chi connectivity index (χ3v) is 9.64. The summed E-state index contributed by atoms with van der Waals surface area (Å²) in [6.07, 6.45) is 6.16. The van der Waals surface area contributed by atoms with Crippen LogP contribution in [0.1, 0.15) is 18.9 Å². The molecule has 0 spiro atoms. The minimum Gasteiger partial charge on any atom is -0.381 e. The Balaban J connectivity index is 1.28. The molecule has 4 nitrogen and oxygen atoms in total. The number of rotatable bonds is 6. The molecular weight excluding hydrogens is 522 g/mol. The molecule has 8 aromatic rings. The molecule has 0 aliphatic carbocycles. The van der Waals surface area contributed by atoms with Gasteiger partial charge in [0.1, 0.15) is 5.65 Å². The minimum absolute atomic E-state index is 0.254. The Morgan fingerprint density at radius 3 is 2.34 bits per heavy atom. The highest BCUT2D eigenvalue weighted by Gasteiger charge is 2.17. The summed E-state index contributed by atoms with van der Waals surface area (Å²) in [6.45, 7) is 2.17. The van der Waals surface area contributed by atoms with Crippen LogP contribution in [0.3, 0.4) is 0 Å². The number of imidazole rings is 1. The summed E-state index contributed by atoms with van der Waals surface area (Å²) in [5, 5.41) is 4.98. The molecule has 0 saturated heterocycles. The highest BCUT2D eigenvalue weighted by atomic mass is 32.1. The van der Waals surface area contributed by atoms with Crippen molar-refractivity contribution in [1.29, 1.82) is 0 Å². The molecular formula is C36H29N3OS. The van der Waals surface area contributed by atoms with Gasteiger partial charge in [0.05, 0.1) is 27.4 Å². The number of ether oxygens (including phenoxy) is 1. The van der Waals surface area contributed by atoms with Gasteiger partial charge >= 0.3 is 0 Å². The number of aromatic nitrogens is 3. The van der Waals surface area contributed by atoms with Gasteiger partial charge in [-0.25, -0.2) is 4.98 Å². The first-order valence-corrected chi connectivity index (χ1v) is 15.0. The average molecular weight is 552 g/mol. The van der Waals surface area contributed by atoms with E-state index >= 15 is 0 Å². The lowest BCUT2D eigenvalue weighted by atomic mass is 10.1. The Labute approximate surface area is 242 Å². The van der Waals surface area contributed by atoms with Crippen molar-refractivity contribution in [2.24, 2.45) is 0 Å². The second-order valence-electron chi connectivity index (χ2n) is 10.7. The number of benzene rings is 4. The summed E-state index contributed by atoms with van der Waals surface area (Å²) in [5.41, 5.74) is 8.36. The number of hydrogen-bond donors (Lipinski definition) is 0. The molecule has 5 heteroatoms. The van der Waals surface area contributed by atoms with Crippen molar-refractivity contribution in [3.8, 4) is 16.1 Å². The Kier molecular flexibility index (Phi) is 5.69. The molecule has 0 fully saturated rings. The van der Waals surface area contributed by atoms with Crippen LogP contribution in [0.4, 0.5) is 0 Å². The average Bonchev–Trinajstić information content (AvgIpc) is 3.76. The smallest absolute Gasteiger partial charge is 0.145 e. The van der Waals surface area contributed by atoms with E-state index in [1.807, 2.05) is 17.5 Å². The van der Waals surface area contributed by atoms with Crippen LogP contribution in [0.25, 0.3) is 64.6 Å². The molecule has 4 heterocycles. The number of pyridine rings is 1. The normalized spacial score (nSPS) is 12.8. The molecule has 0 aliphatic heterocycles. The van der Waals surface area contributed by atoms with E-state index in [2.05, 4.69) is 124 Å². The monoisotopic (exact) mass is 551 g/mol. The molecule has 41 heavy (non-hydrogen) atoms. The van der Waals surface area contributed by atoms with Gasteiger partial charge in [-0.3, -0.25) is 4.40 Å². The number of thiophene rings is 1. The fraction of sp³-hybridized carbons (Fsp3) is 0.139. The number of fused-ring (bicyclic) bond motifs is 9. The highest BCUT2D eigenvalue weighted by Crippen LogP contribution is 2.41. The maximum absolute atomic E-state index is 5.62. The lowest BCUT2D eigenvalue weighted by Gasteiger charge is -2.14. The van der Waals surface area contributed by atoms with E-state index in [-0.39, 0.29) is 6.10 Å². The van der Waals surface area contributed by atoms with Crippen molar-refractivity contribution in [3.63, 3.8) is 0 Å². The van der Waals surface area contributed by atoms with Crippen molar-refractivity contribution in [1.82, 2.24) is 14.0 Å². The lowest BCUT2D eigenvalue weighted by molar-refractivity contribution is 0.0998. The molecule has 1 atom stereocenters. The summed E-state index contributed by atoms with van der Waals surface area (Å²) in [5.74, 6) is 0. The third kappa shape index (κ3) is 3.80. The maximum atomic E-state index is 5.62. The first-order chi connectivity index (χ1) is 20.2. The van der Waals surface area contributed by atoms with Crippen LogP contribution >= 0.6 is 11.3 Å². The van der Waals surface area contributed by atoms with E-state index in [0.29, 0.717) is 0 Å². The SMILES string of the molecule is CCC(Cc1ccc(-n2c3ccccc3c3cc(-c4cc5c(s4)c4ccccc4c4nccn54)ccc32)cc1)OC. The highest BCUT2D eigenvalue weighted by molar-refractivity contribution is 7.23.